The van der Waals surface area contributed by atoms with E-state index in [1.165, 1.54) is 28.7 Å². The molecular formula is C25H28Cl3N3O. The van der Waals surface area contributed by atoms with E-state index in [4.69, 9.17) is 4.42 Å². The second-order valence-electron chi connectivity index (χ2n) is 7.68. The molecule has 0 aliphatic carbocycles. The Balaban J connectivity index is 0.00000121. The molecule has 170 valence electrons. The molecule has 0 amide bonds. The number of nitrogens with one attached hydrogen (secondary N) is 2. The topological polar surface area (TPSA) is 50.1 Å². The number of hydrogen-bond donors (Lipinski definition) is 2. The fourth-order valence-electron chi connectivity index (χ4n) is 4.36. The molecule has 2 aromatic carbocycles. The fourth-order valence-corrected chi connectivity index (χ4v) is 4.36. The molecule has 4 aromatic rings. The van der Waals surface area contributed by atoms with Crippen LogP contribution in [0.4, 0.5) is 0 Å². The number of benzene rings is 2. The summed E-state index contributed by atoms with van der Waals surface area (Å²) in [4.78, 5) is 4.14. The molecule has 5 rings (SSSR count). The lowest BCUT2D eigenvalue weighted by molar-refractivity contribution is 0.304. The highest BCUT2D eigenvalue weighted by molar-refractivity contribution is 5.86. The number of halogens is 3. The predicted molar refractivity (Wildman–Crippen MR) is 138 cm³/mol. The molecule has 2 N–H and O–H groups in total. The minimum atomic E-state index is 0. The molecule has 1 aliphatic rings. The molecule has 0 unspecified atom stereocenters. The van der Waals surface area contributed by atoms with Crippen LogP contribution in [0.2, 0.25) is 0 Å². The van der Waals surface area contributed by atoms with Crippen LogP contribution in [0.1, 0.15) is 30.0 Å². The quantitative estimate of drug-likeness (QED) is 0.341. The Morgan fingerprint density at radius 1 is 0.938 bits per heavy atom. The summed E-state index contributed by atoms with van der Waals surface area (Å²) in [6.45, 7) is 1.84. The molecule has 0 radical (unpaired) electrons. The molecule has 7 heteroatoms. The summed E-state index contributed by atoms with van der Waals surface area (Å²) < 4.78 is 5.82. The molecule has 1 fully saturated rings. The maximum absolute atomic E-state index is 5.82. The Bertz CT molecular complexity index is 1090. The van der Waals surface area contributed by atoms with Crippen LogP contribution in [0, 0.1) is 0 Å². The number of rotatable bonds is 5. The Labute approximate surface area is 207 Å². The van der Waals surface area contributed by atoms with Crippen LogP contribution < -0.4 is 10.6 Å². The lowest BCUT2D eigenvalue weighted by Crippen LogP contribution is -2.45. The average molecular weight is 493 g/mol. The van der Waals surface area contributed by atoms with E-state index in [1.807, 2.05) is 18.5 Å². The minimum Gasteiger partial charge on any atom is -0.464 e. The number of furan rings is 1. The van der Waals surface area contributed by atoms with Crippen LogP contribution in [0.25, 0.3) is 22.1 Å². The maximum atomic E-state index is 5.82. The van der Waals surface area contributed by atoms with Gasteiger partial charge in [0.1, 0.15) is 5.58 Å². The van der Waals surface area contributed by atoms with Gasteiger partial charge in [0.05, 0.1) is 6.26 Å². The number of hydrogen-bond acceptors (Lipinski definition) is 4. The SMILES string of the molecule is Cl.Cl.Cl.c1ccc([C@@H]2NCCC[C@@H]2NCc2cc(-c3ccncc3)cc3ccoc23)cc1. The van der Waals surface area contributed by atoms with Crippen LogP contribution >= 0.6 is 37.2 Å². The summed E-state index contributed by atoms with van der Waals surface area (Å²) in [7, 11) is 0. The zero-order valence-corrected chi connectivity index (χ0v) is 20.0. The van der Waals surface area contributed by atoms with Crippen molar-refractivity contribution >= 4 is 48.2 Å². The molecule has 2 atom stereocenters. The van der Waals surface area contributed by atoms with E-state index in [1.54, 1.807) is 6.26 Å². The summed E-state index contributed by atoms with van der Waals surface area (Å²) in [6, 6.07) is 22.0. The van der Waals surface area contributed by atoms with Gasteiger partial charge in [0.25, 0.3) is 0 Å². The smallest absolute Gasteiger partial charge is 0.138 e. The van der Waals surface area contributed by atoms with Crippen LogP contribution in [0.15, 0.2) is 83.7 Å². The third-order valence-electron chi connectivity index (χ3n) is 5.81. The minimum absolute atomic E-state index is 0. The van der Waals surface area contributed by atoms with E-state index in [2.05, 4.69) is 70.2 Å². The Kier molecular flexibility index (Phi) is 10.0. The van der Waals surface area contributed by atoms with Gasteiger partial charge in [-0.3, -0.25) is 4.98 Å². The van der Waals surface area contributed by atoms with Gasteiger partial charge < -0.3 is 15.1 Å². The van der Waals surface area contributed by atoms with E-state index in [-0.39, 0.29) is 37.2 Å². The largest absolute Gasteiger partial charge is 0.464 e. The van der Waals surface area contributed by atoms with E-state index >= 15 is 0 Å². The fraction of sp³-hybridized carbons (Fsp3) is 0.240. The van der Waals surface area contributed by atoms with Crippen molar-refractivity contribution in [3.05, 3.63) is 90.4 Å². The summed E-state index contributed by atoms with van der Waals surface area (Å²) >= 11 is 0. The molecule has 32 heavy (non-hydrogen) atoms. The highest BCUT2D eigenvalue weighted by Gasteiger charge is 2.25. The third kappa shape index (κ3) is 5.64. The first-order valence-corrected chi connectivity index (χ1v) is 10.3. The monoisotopic (exact) mass is 491 g/mol. The predicted octanol–water partition coefficient (Wildman–Crippen LogP) is 6.34. The van der Waals surface area contributed by atoms with Gasteiger partial charge in [0.15, 0.2) is 0 Å². The highest BCUT2D eigenvalue weighted by atomic mass is 35.5. The molecule has 1 saturated heterocycles. The van der Waals surface area contributed by atoms with Crippen molar-refractivity contribution in [3.63, 3.8) is 0 Å². The van der Waals surface area contributed by atoms with Crippen molar-refractivity contribution in [2.45, 2.75) is 31.5 Å². The molecular weight excluding hydrogens is 465 g/mol. The summed E-state index contributed by atoms with van der Waals surface area (Å²) in [5.74, 6) is 0. The van der Waals surface area contributed by atoms with Gasteiger partial charge >= 0.3 is 0 Å². The van der Waals surface area contributed by atoms with Crippen molar-refractivity contribution in [1.29, 1.82) is 0 Å². The summed E-state index contributed by atoms with van der Waals surface area (Å²) in [6.07, 6.45) is 7.81. The molecule has 4 nitrogen and oxygen atoms in total. The molecule has 0 saturated carbocycles. The Morgan fingerprint density at radius 3 is 2.50 bits per heavy atom. The number of nitrogens with zero attached hydrogens (tertiary/aromatic N) is 1. The first-order chi connectivity index (χ1) is 14.4. The van der Waals surface area contributed by atoms with Gasteiger partial charge in [0, 0.05) is 42.0 Å². The first-order valence-electron chi connectivity index (χ1n) is 10.3. The van der Waals surface area contributed by atoms with Gasteiger partial charge in [-0.15, -0.1) is 37.2 Å². The van der Waals surface area contributed by atoms with Gasteiger partial charge in [0.2, 0.25) is 0 Å². The standard InChI is InChI=1S/C25H25N3O.3ClH/c1-2-5-19(6-3-1)24-23(7-4-11-27-24)28-17-22-16-21(18-8-12-26-13-9-18)15-20-10-14-29-25(20)22;;;/h1-3,5-6,8-10,12-16,23-24,27-28H,4,7,11,17H2;3*1H/t23-,24-;;;/m0.../s1. The Morgan fingerprint density at radius 2 is 1.72 bits per heavy atom. The summed E-state index contributed by atoms with van der Waals surface area (Å²) in [5.41, 5.74) is 5.87. The van der Waals surface area contributed by atoms with Crippen molar-refractivity contribution in [3.8, 4) is 11.1 Å². The van der Waals surface area contributed by atoms with Crippen LogP contribution in [0.5, 0.6) is 0 Å². The number of piperidine rings is 1. The lowest BCUT2D eigenvalue weighted by atomic mass is 9.92. The number of aromatic nitrogens is 1. The lowest BCUT2D eigenvalue weighted by Gasteiger charge is -2.34. The number of fused-ring (bicyclic) bond motifs is 1. The second kappa shape index (κ2) is 12.2. The van der Waals surface area contributed by atoms with Crippen LogP contribution in [-0.2, 0) is 6.54 Å². The van der Waals surface area contributed by atoms with E-state index in [0.717, 1.165) is 30.5 Å². The van der Waals surface area contributed by atoms with E-state index in [9.17, 15) is 0 Å². The molecule has 0 spiro atoms. The van der Waals surface area contributed by atoms with Crippen LogP contribution in [0.3, 0.4) is 0 Å². The maximum Gasteiger partial charge on any atom is 0.138 e. The van der Waals surface area contributed by atoms with Crippen molar-refractivity contribution in [2.75, 3.05) is 6.54 Å². The van der Waals surface area contributed by atoms with Crippen LogP contribution in [-0.4, -0.2) is 17.6 Å². The highest BCUT2D eigenvalue weighted by Crippen LogP contribution is 2.29. The number of pyridine rings is 1. The summed E-state index contributed by atoms with van der Waals surface area (Å²) in [5, 5.41) is 8.65. The molecule has 1 aliphatic heterocycles. The molecule has 3 heterocycles. The molecule has 0 bridgehead atoms. The average Bonchev–Trinajstić information content (AvgIpc) is 3.28. The first kappa shape index (κ1) is 26.2. The van der Waals surface area contributed by atoms with Crippen molar-refractivity contribution < 1.29 is 4.42 Å². The van der Waals surface area contributed by atoms with Gasteiger partial charge in [-0.25, -0.2) is 0 Å². The second-order valence-corrected chi connectivity index (χ2v) is 7.68. The van der Waals surface area contributed by atoms with E-state index in [0.29, 0.717) is 12.1 Å². The third-order valence-corrected chi connectivity index (χ3v) is 5.81. The van der Waals surface area contributed by atoms with E-state index < -0.39 is 0 Å². The van der Waals surface area contributed by atoms with Crippen molar-refractivity contribution in [2.24, 2.45) is 0 Å². The van der Waals surface area contributed by atoms with Crippen molar-refractivity contribution in [1.82, 2.24) is 15.6 Å². The Hall–Kier alpha value is -2.08. The molecule has 2 aromatic heterocycles. The normalized spacial score (nSPS) is 17.6. The van der Waals surface area contributed by atoms with Gasteiger partial charge in [-0.05, 0) is 66.4 Å². The van der Waals surface area contributed by atoms with Gasteiger partial charge in [-0.1, -0.05) is 30.3 Å². The zero-order chi connectivity index (χ0) is 19.5. The zero-order valence-electron chi connectivity index (χ0n) is 17.6. The van der Waals surface area contributed by atoms with Gasteiger partial charge in [-0.2, -0.15) is 0 Å².